The van der Waals surface area contributed by atoms with Crippen molar-refractivity contribution in [2.24, 2.45) is 0 Å². The van der Waals surface area contributed by atoms with Crippen molar-refractivity contribution in [1.29, 1.82) is 0 Å². The average Bonchev–Trinajstić information content (AvgIpc) is 2.82. The number of aromatic nitrogens is 2. The Bertz CT molecular complexity index is 474. The van der Waals surface area contributed by atoms with Gasteiger partial charge in [0.15, 0.2) is 18.0 Å². The lowest BCUT2D eigenvalue weighted by Gasteiger charge is -2.03. The molecule has 1 aromatic carbocycles. The SMILES string of the molecule is Fc1ccc(CNCCc2ncno2)cc1F. The Labute approximate surface area is 96.6 Å². The number of halogens is 2. The summed E-state index contributed by atoms with van der Waals surface area (Å²) < 4.78 is 30.3. The van der Waals surface area contributed by atoms with Crippen LogP contribution in [0.1, 0.15) is 11.5 Å². The smallest absolute Gasteiger partial charge is 0.227 e. The maximum absolute atomic E-state index is 12.9. The molecule has 2 aromatic rings. The molecule has 1 N–H and O–H groups in total. The zero-order valence-corrected chi connectivity index (χ0v) is 8.99. The molecule has 2 rings (SSSR count). The van der Waals surface area contributed by atoms with E-state index >= 15 is 0 Å². The van der Waals surface area contributed by atoms with Crippen LogP contribution in [0, 0.1) is 11.6 Å². The molecule has 0 bridgehead atoms. The molecule has 0 amide bonds. The van der Waals surface area contributed by atoms with Crippen molar-refractivity contribution in [2.45, 2.75) is 13.0 Å². The minimum absolute atomic E-state index is 0.464. The number of nitrogens with one attached hydrogen (secondary N) is 1. The molecule has 1 aromatic heterocycles. The molecule has 0 aliphatic carbocycles. The monoisotopic (exact) mass is 239 g/mol. The summed E-state index contributed by atoms with van der Waals surface area (Å²) in [5, 5.41) is 6.54. The topological polar surface area (TPSA) is 51.0 Å². The molecule has 1 heterocycles. The van der Waals surface area contributed by atoms with E-state index < -0.39 is 11.6 Å². The lowest BCUT2D eigenvalue weighted by Crippen LogP contribution is -2.17. The van der Waals surface area contributed by atoms with Gasteiger partial charge in [0.25, 0.3) is 0 Å². The third-order valence-corrected chi connectivity index (χ3v) is 2.24. The van der Waals surface area contributed by atoms with E-state index in [-0.39, 0.29) is 0 Å². The summed E-state index contributed by atoms with van der Waals surface area (Å²) in [5.41, 5.74) is 0.689. The first-order valence-electron chi connectivity index (χ1n) is 5.16. The van der Waals surface area contributed by atoms with Crippen molar-refractivity contribution in [3.05, 3.63) is 47.6 Å². The zero-order chi connectivity index (χ0) is 12.1. The highest BCUT2D eigenvalue weighted by molar-refractivity contribution is 5.17. The van der Waals surface area contributed by atoms with Gasteiger partial charge in [-0.3, -0.25) is 0 Å². The summed E-state index contributed by atoms with van der Waals surface area (Å²) in [4.78, 5) is 3.86. The number of hydrogen-bond donors (Lipinski definition) is 1. The number of rotatable bonds is 5. The Morgan fingerprint density at radius 2 is 2.12 bits per heavy atom. The maximum atomic E-state index is 12.9. The molecule has 0 saturated heterocycles. The van der Waals surface area contributed by atoms with Crippen LogP contribution in [0.5, 0.6) is 0 Å². The van der Waals surface area contributed by atoms with Crippen LogP contribution in [0.15, 0.2) is 29.0 Å². The fourth-order valence-electron chi connectivity index (χ4n) is 1.38. The Balaban J connectivity index is 1.76. The highest BCUT2D eigenvalue weighted by Gasteiger charge is 2.02. The Morgan fingerprint density at radius 1 is 1.24 bits per heavy atom. The van der Waals surface area contributed by atoms with Gasteiger partial charge in [-0.2, -0.15) is 4.98 Å². The molecule has 0 fully saturated rings. The van der Waals surface area contributed by atoms with Crippen molar-refractivity contribution in [1.82, 2.24) is 15.5 Å². The summed E-state index contributed by atoms with van der Waals surface area (Å²) >= 11 is 0. The summed E-state index contributed by atoms with van der Waals surface area (Å²) in [6.07, 6.45) is 1.94. The van der Waals surface area contributed by atoms with E-state index in [4.69, 9.17) is 4.52 Å². The Morgan fingerprint density at radius 3 is 2.82 bits per heavy atom. The third kappa shape index (κ3) is 3.32. The van der Waals surface area contributed by atoms with Crippen LogP contribution in [0.2, 0.25) is 0 Å². The lowest BCUT2D eigenvalue weighted by molar-refractivity contribution is 0.375. The Hall–Kier alpha value is -1.82. The van der Waals surface area contributed by atoms with Crippen molar-refractivity contribution >= 4 is 0 Å². The van der Waals surface area contributed by atoms with Crippen molar-refractivity contribution in [2.75, 3.05) is 6.54 Å². The normalized spacial score (nSPS) is 10.7. The highest BCUT2D eigenvalue weighted by atomic mass is 19.2. The standard InChI is InChI=1S/C11H11F2N3O/c12-9-2-1-8(5-10(9)13)6-14-4-3-11-15-7-16-17-11/h1-2,5,7,14H,3-4,6H2. The van der Waals surface area contributed by atoms with Crippen molar-refractivity contribution in [3.63, 3.8) is 0 Å². The molecule has 0 saturated carbocycles. The van der Waals surface area contributed by atoms with E-state index in [1.807, 2.05) is 0 Å². The molecule has 90 valence electrons. The zero-order valence-electron chi connectivity index (χ0n) is 8.99. The van der Waals surface area contributed by atoms with Crippen molar-refractivity contribution in [3.8, 4) is 0 Å². The number of hydrogen-bond acceptors (Lipinski definition) is 4. The van der Waals surface area contributed by atoms with E-state index in [1.54, 1.807) is 0 Å². The predicted molar refractivity (Wildman–Crippen MR) is 56.1 cm³/mol. The average molecular weight is 239 g/mol. The van der Waals surface area contributed by atoms with Crippen molar-refractivity contribution < 1.29 is 13.3 Å². The second-order valence-electron chi connectivity index (χ2n) is 3.51. The van der Waals surface area contributed by atoms with Crippen LogP contribution in [0.3, 0.4) is 0 Å². The van der Waals surface area contributed by atoms with Gasteiger partial charge in [-0.1, -0.05) is 11.2 Å². The van der Waals surface area contributed by atoms with E-state index in [0.717, 1.165) is 6.07 Å². The second kappa shape index (κ2) is 5.49. The first kappa shape index (κ1) is 11.7. The highest BCUT2D eigenvalue weighted by Crippen LogP contribution is 2.08. The van der Waals surface area contributed by atoms with Gasteiger partial charge in [0.1, 0.15) is 0 Å². The maximum Gasteiger partial charge on any atom is 0.227 e. The van der Waals surface area contributed by atoms with Crippen LogP contribution in [0.25, 0.3) is 0 Å². The fourth-order valence-corrected chi connectivity index (χ4v) is 1.38. The molecule has 6 heteroatoms. The first-order valence-corrected chi connectivity index (χ1v) is 5.16. The summed E-state index contributed by atoms with van der Waals surface area (Å²) in [7, 11) is 0. The summed E-state index contributed by atoms with van der Waals surface area (Å²) in [6.45, 7) is 1.09. The van der Waals surface area contributed by atoms with Crippen LogP contribution in [0.4, 0.5) is 8.78 Å². The molecule has 0 radical (unpaired) electrons. The van der Waals surface area contributed by atoms with Crippen LogP contribution < -0.4 is 5.32 Å². The molecule has 0 spiro atoms. The fraction of sp³-hybridized carbons (Fsp3) is 0.273. The van der Waals surface area contributed by atoms with Crippen LogP contribution in [-0.4, -0.2) is 16.7 Å². The quantitative estimate of drug-likeness (QED) is 0.806. The molecule has 0 aliphatic rings. The summed E-state index contributed by atoms with van der Waals surface area (Å²) in [5.74, 6) is -1.12. The predicted octanol–water partition coefficient (Wildman–Crippen LogP) is 1.68. The minimum atomic E-state index is -0.834. The number of benzene rings is 1. The van der Waals surface area contributed by atoms with Gasteiger partial charge in [-0.25, -0.2) is 8.78 Å². The largest absolute Gasteiger partial charge is 0.340 e. The van der Waals surface area contributed by atoms with E-state index in [1.165, 1.54) is 18.5 Å². The van der Waals surface area contributed by atoms with E-state index in [0.29, 0.717) is 31.0 Å². The molecule has 0 aliphatic heterocycles. The van der Waals surface area contributed by atoms with E-state index in [9.17, 15) is 8.78 Å². The van der Waals surface area contributed by atoms with Crippen LogP contribution in [-0.2, 0) is 13.0 Å². The van der Waals surface area contributed by atoms with Gasteiger partial charge < -0.3 is 9.84 Å². The minimum Gasteiger partial charge on any atom is -0.340 e. The van der Waals surface area contributed by atoms with Gasteiger partial charge in [0, 0.05) is 19.5 Å². The van der Waals surface area contributed by atoms with E-state index in [2.05, 4.69) is 15.5 Å². The third-order valence-electron chi connectivity index (χ3n) is 2.24. The van der Waals surface area contributed by atoms with Gasteiger partial charge in [0.05, 0.1) is 0 Å². The van der Waals surface area contributed by atoms with Gasteiger partial charge in [-0.05, 0) is 17.7 Å². The molecular weight excluding hydrogens is 228 g/mol. The van der Waals surface area contributed by atoms with Gasteiger partial charge in [0.2, 0.25) is 5.89 Å². The van der Waals surface area contributed by atoms with Gasteiger partial charge >= 0.3 is 0 Å². The lowest BCUT2D eigenvalue weighted by atomic mass is 10.2. The molecule has 17 heavy (non-hydrogen) atoms. The molecule has 0 atom stereocenters. The first-order chi connectivity index (χ1) is 8.25. The molecular formula is C11H11F2N3O. The number of nitrogens with zero attached hydrogens (tertiary/aromatic N) is 2. The van der Waals surface area contributed by atoms with Gasteiger partial charge in [-0.15, -0.1) is 0 Å². The second-order valence-corrected chi connectivity index (χ2v) is 3.51. The molecule has 0 unspecified atom stereocenters. The Kier molecular flexibility index (Phi) is 3.77. The summed E-state index contributed by atoms with van der Waals surface area (Å²) in [6, 6.07) is 3.83. The van der Waals surface area contributed by atoms with Crippen LogP contribution >= 0.6 is 0 Å². The molecule has 4 nitrogen and oxygen atoms in total.